The maximum Gasteiger partial charge on any atom is 0.269 e. The maximum absolute atomic E-state index is 11.9. The van der Waals surface area contributed by atoms with Gasteiger partial charge in [-0.05, 0) is 70.0 Å². The highest BCUT2D eigenvalue weighted by atomic mass is 79.9. The van der Waals surface area contributed by atoms with Gasteiger partial charge in [0.2, 0.25) is 0 Å². The van der Waals surface area contributed by atoms with Gasteiger partial charge in [-0.2, -0.15) is 0 Å². The molecule has 0 aliphatic carbocycles. The van der Waals surface area contributed by atoms with Crippen LogP contribution in [0.25, 0.3) is 0 Å². The van der Waals surface area contributed by atoms with Crippen molar-refractivity contribution in [3.8, 4) is 11.5 Å². The summed E-state index contributed by atoms with van der Waals surface area (Å²) in [7, 11) is 1.50. The molecule has 3 rings (SSSR count). The molecule has 3 aromatic rings. The molecule has 0 aliphatic heterocycles. The van der Waals surface area contributed by atoms with Crippen molar-refractivity contribution in [1.82, 2.24) is 0 Å². The van der Waals surface area contributed by atoms with E-state index in [0.29, 0.717) is 32.2 Å². The van der Waals surface area contributed by atoms with Crippen molar-refractivity contribution in [3.63, 3.8) is 0 Å². The first-order chi connectivity index (χ1) is 16.4. The molecule has 0 saturated carbocycles. The Morgan fingerprint density at radius 1 is 1.18 bits per heavy atom. The number of non-ortho nitro benzene ring substituents is 1. The van der Waals surface area contributed by atoms with Gasteiger partial charge < -0.3 is 19.6 Å². The number of ether oxygens (including phenoxy) is 2. The maximum atomic E-state index is 11.9. The summed E-state index contributed by atoms with van der Waals surface area (Å²) in [6, 6.07) is 16.2. The molecule has 0 radical (unpaired) electrons. The van der Waals surface area contributed by atoms with Crippen LogP contribution in [0.4, 0.5) is 11.4 Å². The van der Waals surface area contributed by atoms with Crippen LogP contribution in [0.2, 0.25) is 5.02 Å². The molecule has 9 nitrogen and oxygen atoms in total. The highest BCUT2D eigenvalue weighted by Crippen LogP contribution is 2.37. The summed E-state index contributed by atoms with van der Waals surface area (Å²) >= 11 is 9.26. The summed E-state index contributed by atoms with van der Waals surface area (Å²) < 4.78 is 11.9. The lowest BCUT2D eigenvalue weighted by atomic mass is 10.2. The first-order valence-corrected chi connectivity index (χ1v) is 11.0. The van der Waals surface area contributed by atoms with Gasteiger partial charge in [0, 0.05) is 28.4 Å². The van der Waals surface area contributed by atoms with Crippen LogP contribution in [0.15, 0.2) is 70.3 Å². The van der Waals surface area contributed by atoms with Crippen LogP contribution in [0, 0.1) is 10.1 Å². The third-order valence-corrected chi connectivity index (χ3v) is 5.22. The van der Waals surface area contributed by atoms with Gasteiger partial charge in [-0.15, -0.1) is 0 Å². The van der Waals surface area contributed by atoms with Gasteiger partial charge >= 0.3 is 0 Å². The second kappa shape index (κ2) is 12.0. The van der Waals surface area contributed by atoms with Gasteiger partial charge in [-0.1, -0.05) is 16.8 Å². The minimum absolute atomic E-state index is 0.0100. The van der Waals surface area contributed by atoms with Crippen LogP contribution in [0.1, 0.15) is 11.1 Å². The van der Waals surface area contributed by atoms with Gasteiger partial charge in [0.15, 0.2) is 18.1 Å². The van der Waals surface area contributed by atoms with Crippen LogP contribution in [-0.4, -0.2) is 30.8 Å². The number of halogens is 2. The second-order valence-corrected chi connectivity index (χ2v) is 8.10. The molecule has 0 fully saturated rings. The lowest BCUT2D eigenvalue weighted by Crippen LogP contribution is -2.16. The molecule has 1 amide bonds. The molecule has 0 atom stereocenters. The van der Waals surface area contributed by atoms with Crippen LogP contribution < -0.4 is 14.8 Å². The lowest BCUT2D eigenvalue weighted by Gasteiger charge is -2.13. The quantitative estimate of drug-likeness (QED) is 0.201. The van der Waals surface area contributed by atoms with E-state index in [1.807, 2.05) is 0 Å². The number of amides is 1. The first-order valence-electron chi connectivity index (χ1n) is 9.80. The summed E-state index contributed by atoms with van der Waals surface area (Å²) in [6.45, 7) is -0.0832. The lowest BCUT2D eigenvalue weighted by molar-refractivity contribution is -0.384. The standard InChI is InChI=1S/C23H19BrClN3O6/c1-32-21-11-16(12-26-34-14-22(29)27-18-6-4-17(25)5-7-18)10-20(24)23(21)33-13-15-2-8-19(9-3-15)28(30)31/h2-12H,13-14H2,1H3,(H,27,29)/b26-12+. The number of nitrogens with one attached hydrogen (secondary N) is 1. The van der Waals surface area contributed by atoms with Crippen LogP contribution in [0.5, 0.6) is 11.5 Å². The Kier molecular flexibility index (Phi) is 8.83. The van der Waals surface area contributed by atoms with E-state index < -0.39 is 4.92 Å². The average molecular weight is 549 g/mol. The van der Waals surface area contributed by atoms with E-state index in [1.165, 1.54) is 25.5 Å². The predicted octanol–water partition coefficient (Wildman–Crippen LogP) is 5.59. The van der Waals surface area contributed by atoms with Crippen molar-refractivity contribution in [2.45, 2.75) is 6.61 Å². The summed E-state index contributed by atoms with van der Waals surface area (Å²) in [4.78, 5) is 27.3. The molecule has 11 heteroatoms. The zero-order valence-corrected chi connectivity index (χ0v) is 20.2. The third kappa shape index (κ3) is 7.19. The molecule has 0 aromatic heterocycles. The van der Waals surface area contributed by atoms with Crippen molar-refractivity contribution in [2.75, 3.05) is 19.0 Å². The zero-order chi connectivity index (χ0) is 24.5. The molecule has 0 bridgehead atoms. The molecular formula is C23H19BrClN3O6. The molecule has 176 valence electrons. The molecule has 0 heterocycles. The molecule has 34 heavy (non-hydrogen) atoms. The molecular weight excluding hydrogens is 530 g/mol. The van der Waals surface area contributed by atoms with Crippen molar-refractivity contribution in [1.29, 1.82) is 0 Å². The normalized spacial score (nSPS) is 10.7. The Bertz CT molecular complexity index is 1190. The molecule has 0 spiro atoms. The topological polar surface area (TPSA) is 112 Å². The van der Waals surface area contributed by atoms with Crippen molar-refractivity contribution in [2.24, 2.45) is 5.16 Å². The number of rotatable bonds is 10. The average Bonchev–Trinajstić information content (AvgIpc) is 2.82. The number of carbonyl (C=O) groups is 1. The minimum atomic E-state index is -0.458. The van der Waals surface area contributed by atoms with Gasteiger partial charge in [-0.3, -0.25) is 14.9 Å². The number of methoxy groups -OCH3 is 1. The minimum Gasteiger partial charge on any atom is -0.493 e. The molecule has 0 aliphatic rings. The highest BCUT2D eigenvalue weighted by molar-refractivity contribution is 9.10. The Balaban J connectivity index is 1.56. The predicted molar refractivity (Wildman–Crippen MR) is 132 cm³/mol. The third-order valence-electron chi connectivity index (χ3n) is 4.38. The number of anilines is 1. The molecule has 0 saturated heterocycles. The fraction of sp³-hybridized carbons (Fsp3) is 0.130. The van der Waals surface area contributed by atoms with E-state index >= 15 is 0 Å². The SMILES string of the molecule is COc1cc(/C=N/OCC(=O)Nc2ccc(Cl)cc2)cc(Br)c1OCc1ccc([N+](=O)[O-])cc1. The van der Waals surface area contributed by atoms with Gasteiger partial charge in [-0.25, -0.2) is 0 Å². The van der Waals surface area contributed by atoms with Gasteiger partial charge in [0.1, 0.15) is 6.61 Å². The van der Waals surface area contributed by atoms with Crippen molar-refractivity contribution < 1.29 is 24.0 Å². The Morgan fingerprint density at radius 3 is 2.53 bits per heavy atom. The Labute approximate surface area is 208 Å². The smallest absolute Gasteiger partial charge is 0.269 e. The van der Waals surface area contributed by atoms with Crippen LogP contribution in [0.3, 0.4) is 0 Å². The van der Waals surface area contributed by atoms with E-state index in [-0.39, 0.29) is 24.8 Å². The van der Waals surface area contributed by atoms with Crippen LogP contribution in [-0.2, 0) is 16.2 Å². The van der Waals surface area contributed by atoms with E-state index in [2.05, 4.69) is 26.4 Å². The first kappa shape index (κ1) is 25.0. The fourth-order valence-electron chi connectivity index (χ4n) is 2.75. The number of hydrogen-bond donors (Lipinski definition) is 1. The number of carbonyl (C=O) groups excluding carboxylic acids is 1. The number of oxime groups is 1. The van der Waals surface area contributed by atoms with Gasteiger partial charge in [0.05, 0.1) is 22.7 Å². The summed E-state index contributed by atoms with van der Waals surface area (Å²) in [5.41, 5.74) is 2.01. The zero-order valence-electron chi connectivity index (χ0n) is 17.9. The monoisotopic (exact) mass is 547 g/mol. The van der Waals surface area contributed by atoms with E-state index in [1.54, 1.807) is 48.5 Å². The number of nitrogens with zero attached hydrogens (tertiary/aromatic N) is 2. The number of benzene rings is 3. The Morgan fingerprint density at radius 2 is 1.88 bits per heavy atom. The summed E-state index contributed by atoms with van der Waals surface area (Å²) in [6.07, 6.45) is 1.43. The second-order valence-electron chi connectivity index (χ2n) is 6.81. The van der Waals surface area contributed by atoms with Crippen molar-refractivity contribution >= 4 is 51.0 Å². The van der Waals surface area contributed by atoms with E-state index in [4.69, 9.17) is 25.9 Å². The highest BCUT2D eigenvalue weighted by Gasteiger charge is 2.12. The number of nitro groups is 1. The van der Waals surface area contributed by atoms with E-state index in [0.717, 1.165) is 5.56 Å². The fourth-order valence-corrected chi connectivity index (χ4v) is 3.45. The van der Waals surface area contributed by atoms with Gasteiger partial charge in [0.25, 0.3) is 11.6 Å². The molecule has 0 unspecified atom stereocenters. The van der Waals surface area contributed by atoms with Crippen LogP contribution >= 0.6 is 27.5 Å². The number of hydrogen-bond acceptors (Lipinski definition) is 7. The molecule has 1 N–H and O–H groups in total. The molecule has 3 aromatic carbocycles. The largest absolute Gasteiger partial charge is 0.493 e. The summed E-state index contributed by atoms with van der Waals surface area (Å²) in [5.74, 6) is 0.535. The van der Waals surface area contributed by atoms with E-state index in [9.17, 15) is 14.9 Å². The summed E-state index contributed by atoms with van der Waals surface area (Å²) in [5, 5.41) is 17.8. The van der Waals surface area contributed by atoms with Crippen molar-refractivity contribution in [3.05, 3.63) is 91.4 Å². The Hall–Kier alpha value is -3.63. The number of nitro benzene ring substituents is 1.